The van der Waals surface area contributed by atoms with Gasteiger partial charge in [-0.05, 0) is 31.4 Å². The number of carbonyl (C=O) groups is 2. The Morgan fingerprint density at radius 2 is 1.86 bits per heavy atom. The van der Waals surface area contributed by atoms with E-state index in [2.05, 4.69) is 11.0 Å². The fraction of sp³-hybridized carbons (Fsp3) is 0.545. The van der Waals surface area contributed by atoms with E-state index in [0.717, 1.165) is 32.4 Å². The molecule has 0 spiro atoms. The minimum absolute atomic E-state index is 0.0694. The third-order valence-corrected chi connectivity index (χ3v) is 6.12. The molecule has 2 amide bonds. The van der Waals surface area contributed by atoms with Crippen LogP contribution in [0.4, 0.5) is 5.69 Å². The Morgan fingerprint density at radius 1 is 1.07 bits per heavy atom. The van der Waals surface area contributed by atoms with Crippen LogP contribution in [0.1, 0.15) is 25.7 Å². The van der Waals surface area contributed by atoms with Crippen LogP contribution in [-0.4, -0.2) is 57.2 Å². The second-order valence-electron chi connectivity index (χ2n) is 7.68. The molecular formula is C22H28N2O5. The van der Waals surface area contributed by atoms with Crippen molar-refractivity contribution in [2.75, 3.05) is 45.4 Å². The number of ether oxygens (including phenoxy) is 3. The quantitative estimate of drug-likeness (QED) is 0.708. The number of methoxy groups -OCH3 is 2. The number of rotatable bonds is 5. The number of nitrogens with zero attached hydrogens (tertiary/aromatic N) is 2. The van der Waals surface area contributed by atoms with Crippen molar-refractivity contribution in [1.82, 2.24) is 4.90 Å². The highest BCUT2D eigenvalue weighted by Crippen LogP contribution is 2.43. The molecule has 2 saturated heterocycles. The Bertz CT molecular complexity index is 815. The summed E-state index contributed by atoms with van der Waals surface area (Å²) >= 11 is 0. The Morgan fingerprint density at radius 3 is 2.59 bits per heavy atom. The van der Waals surface area contributed by atoms with Gasteiger partial charge in [-0.25, -0.2) is 4.90 Å². The molecule has 1 aliphatic carbocycles. The van der Waals surface area contributed by atoms with Crippen LogP contribution in [-0.2, 0) is 14.3 Å². The maximum atomic E-state index is 13.5. The van der Waals surface area contributed by atoms with Gasteiger partial charge in [0.15, 0.2) is 0 Å². The first-order valence-electron chi connectivity index (χ1n) is 10.3. The molecule has 0 radical (unpaired) electrons. The molecule has 1 aromatic rings. The zero-order chi connectivity index (χ0) is 20.4. The lowest BCUT2D eigenvalue weighted by Gasteiger charge is -2.38. The summed E-state index contributed by atoms with van der Waals surface area (Å²) in [7, 11) is 3.09. The summed E-state index contributed by atoms with van der Waals surface area (Å²) in [5, 5.41) is 0. The topological polar surface area (TPSA) is 68.3 Å². The summed E-state index contributed by atoms with van der Waals surface area (Å²) in [6, 6.07) is 5.17. The summed E-state index contributed by atoms with van der Waals surface area (Å²) < 4.78 is 16.2. The Balaban J connectivity index is 1.62. The van der Waals surface area contributed by atoms with E-state index in [1.807, 2.05) is 0 Å². The van der Waals surface area contributed by atoms with E-state index in [0.29, 0.717) is 30.4 Å². The molecule has 4 rings (SSSR count). The number of benzene rings is 1. The zero-order valence-electron chi connectivity index (χ0n) is 17.1. The van der Waals surface area contributed by atoms with E-state index in [1.165, 1.54) is 17.7 Å². The monoisotopic (exact) mass is 400 g/mol. The molecule has 0 N–H and O–H groups in total. The van der Waals surface area contributed by atoms with E-state index in [4.69, 9.17) is 14.2 Å². The van der Waals surface area contributed by atoms with Gasteiger partial charge >= 0.3 is 0 Å². The molecule has 2 fully saturated rings. The summed E-state index contributed by atoms with van der Waals surface area (Å²) in [5.41, 5.74) is 1.67. The molecular weight excluding hydrogens is 372 g/mol. The first kappa shape index (κ1) is 19.8. The van der Waals surface area contributed by atoms with E-state index >= 15 is 0 Å². The number of amides is 2. The standard InChI is InChI=1S/C22H28N2O5/c1-27-15-7-8-20(28-2)19(13-15)24-21(25)14-17(22(24)26)16-5-3-4-6-18(16)23-9-11-29-12-10-23/h6-8,13,16-17H,3-5,9-12,14H2,1-2H3/t16-,17-/m0/s1. The lowest BCUT2D eigenvalue weighted by Crippen LogP contribution is -2.41. The van der Waals surface area contributed by atoms with Crippen LogP contribution < -0.4 is 14.4 Å². The smallest absolute Gasteiger partial charge is 0.238 e. The van der Waals surface area contributed by atoms with Crippen molar-refractivity contribution >= 4 is 17.5 Å². The second kappa shape index (κ2) is 8.45. The molecule has 29 heavy (non-hydrogen) atoms. The zero-order valence-corrected chi connectivity index (χ0v) is 17.1. The average molecular weight is 400 g/mol. The van der Waals surface area contributed by atoms with E-state index in [1.54, 1.807) is 25.3 Å². The minimum atomic E-state index is -0.340. The fourth-order valence-electron chi connectivity index (χ4n) is 4.67. The number of hydrogen-bond donors (Lipinski definition) is 0. The highest BCUT2D eigenvalue weighted by atomic mass is 16.5. The number of allylic oxidation sites excluding steroid dienone is 2. The lowest BCUT2D eigenvalue weighted by molar-refractivity contribution is -0.123. The maximum absolute atomic E-state index is 13.5. The third kappa shape index (κ3) is 3.71. The van der Waals surface area contributed by atoms with E-state index in [9.17, 15) is 9.59 Å². The van der Waals surface area contributed by atoms with Crippen LogP contribution in [0.5, 0.6) is 11.5 Å². The van der Waals surface area contributed by atoms with Crippen molar-refractivity contribution in [2.24, 2.45) is 11.8 Å². The van der Waals surface area contributed by atoms with Crippen LogP contribution in [0.2, 0.25) is 0 Å². The van der Waals surface area contributed by atoms with Gasteiger partial charge in [-0.15, -0.1) is 0 Å². The summed E-state index contributed by atoms with van der Waals surface area (Å²) in [5.74, 6) is 0.468. The minimum Gasteiger partial charge on any atom is -0.497 e. The van der Waals surface area contributed by atoms with Crippen molar-refractivity contribution in [1.29, 1.82) is 0 Å². The number of hydrogen-bond acceptors (Lipinski definition) is 6. The predicted octanol–water partition coefficient (Wildman–Crippen LogP) is 2.60. The van der Waals surface area contributed by atoms with Gasteiger partial charge < -0.3 is 19.1 Å². The first-order valence-corrected chi connectivity index (χ1v) is 10.3. The molecule has 7 nitrogen and oxygen atoms in total. The highest BCUT2D eigenvalue weighted by molar-refractivity contribution is 6.21. The number of morpholine rings is 1. The van der Waals surface area contributed by atoms with Gasteiger partial charge in [-0.1, -0.05) is 6.08 Å². The Hall–Kier alpha value is -2.54. The van der Waals surface area contributed by atoms with Crippen LogP contribution in [0, 0.1) is 11.8 Å². The van der Waals surface area contributed by atoms with Crippen molar-refractivity contribution < 1.29 is 23.8 Å². The molecule has 0 saturated carbocycles. The van der Waals surface area contributed by atoms with Gasteiger partial charge in [-0.3, -0.25) is 9.59 Å². The molecule has 156 valence electrons. The van der Waals surface area contributed by atoms with E-state index in [-0.39, 0.29) is 30.1 Å². The van der Waals surface area contributed by atoms with Gasteiger partial charge in [0, 0.05) is 37.2 Å². The largest absolute Gasteiger partial charge is 0.497 e. The second-order valence-corrected chi connectivity index (χ2v) is 7.68. The number of carbonyl (C=O) groups excluding carboxylic acids is 2. The summed E-state index contributed by atoms with van der Waals surface area (Å²) in [6.07, 6.45) is 5.47. The maximum Gasteiger partial charge on any atom is 0.238 e. The predicted molar refractivity (Wildman–Crippen MR) is 108 cm³/mol. The van der Waals surface area contributed by atoms with Crippen LogP contribution in [0.15, 0.2) is 30.0 Å². The molecule has 0 aromatic heterocycles. The molecule has 0 bridgehead atoms. The van der Waals surface area contributed by atoms with Gasteiger partial charge in [0.05, 0.1) is 39.0 Å². The summed E-state index contributed by atoms with van der Waals surface area (Å²) in [4.78, 5) is 30.0. The van der Waals surface area contributed by atoms with Crippen LogP contribution in [0.25, 0.3) is 0 Å². The SMILES string of the molecule is COc1ccc(OC)c(N2C(=O)C[C@@H]([C@@H]3CCCC=C3N3CCOCC3)C2=O)c1. The first-order chi connectivity index (χ1) is 14.1. The molecule has 1 aromatic carbocycles. The molecule has 2 heterocycles. The molecule has 2 aliphatic heterocycles. The lowest BCUT2D eigenvalue weighted by atomic mass is 9.80. The van der Waals surface area contributed by atoms with Crippen LogP contribution in [0.3, 0.4) is 0 Å². The van der Waals surface area contributed by atoms with Gasteiger partial charge in [0.2, 0.25) is 11.8 Å². The van der Waals surface area contributed by atoms with Gasteiger partial charge in [0.25, 0.3) is 0 Å². The Kier molecular flexibility index (Phi) is 5.76. The normalized spacial score (nSPS) is 25.2. The van der Waals surface area contributed by atoms with Gasteiger partial charge in [-0.2, -0.15) is 0 Å². The van der Waals surface area contributed by atoms with Crippen molar-refractivity contribution in [3.8, 4) is 11.5 Å². The van der Waals surface area contributed by atoms with E-state index < -0.39 is 0 Å². The molecule has 3 aliphatic rings. The fourth-order valence-corrected chi connectivity index (χ4v) is 4.67. The highest BCUT2D eigenvalue weighted by Gasteiger charge is 2.46. The molecule has 0 unspecified atom stereocenters. The molecule has 2 atom stereocenters. The number of imide groups is 1. The molecule has 7 heteroatoms. The van der Waals surface area contributed by atoms with Crippen molar-refractivity contribution in [3.63, 3.8) is 0 Å². The third-order valence-electron chi connectivity index (χ3n) is 6.12. The van der Waals surface area contributed by atoms with Crippen LogP contribution >= 0.6 is 0 Å². The van der Waals surface area contributed by atoms with Crippen molar-refractivity contribution in [2.45, 2.75) is 25.7 Å². The average Bonchev–Trinajstić information content (AvgIpc) is 3.07. The number of anilines is 1. The summed E-state index contributed by atoms with van der Waals surface area (Å²) in [6.45, 7) is 3.08. The van der Waals surface area contributed by atoms with Crippen molar-refractivity contribution in [3.05, 3.63) is 30.0 Å². The Labute approximate surface area is 171 Å². The van der Waals surface area contributed by atoms with Gasteiger partial charge in [0.1, 0.15) is 11.5 Å².